The third-order valence-corrected chi connectivity index (χ3v) is 2.13. The Morgan fingerprint density at radius 3 is 2.80 bits per heavy atom. The fourth-order valence-corrected chi connectivity index (χ4v) is 1.41. The van der Waals surface area contributed by atoms with Crippen LogP contribution in [0.1, 0.15) is 5.56 Å². The van der Waals surface area contributed by atoms with Gasteiger partial charge in [0.05, 0.1) is 5.65 Å². The minimum absolute atomic E-state index is 0. The number of hydrogen-bond acceptors (Lipinski definition) is 3. The summed E-state index contributed by atoms with van der Waals surface area (Å²) in [4.78, 5) is 19.2. The number of rotatable bonds is 0. The van der Waals surface area contributed by atoms with Crippen molar-refractivity contribution in [1.29, 1.82) is 0 Å². The molecule has 2 heterocycles. The topological polar surface area (TPSA) is 71.6 Å². The summed E-state index contributed by atoms with van der Waals surface area (Å²) in [7, 11) is 1.64. The van der Waals surface area contributed by atoms with E-state index in [1.165, 1.54) is 4.57 Å². The number of pyridine rings is 1. The van der Waals surface area contributed by atoms with Crippen molar-refractivity contribution in [2.45, 2.75) is 6.92 Å². The molecule has 0 saturated carbocycles. The molecule has 1 N–H and O–H groups in total. The van der Waals surface area contributed by atoms with E-state index in [1.54, 1.807) is 26.2 Å². The van der Waals surface area contributed by atoms with Gasteiger partial charge in [-0.25, -0.2) is 0 Å². The summed E-state index contributed by atoms with van der Waals surface area (Å²) in [6.45, 7) is 1.75. The van der Waals surface area contributed by atoms with Gasteiger partial charge in [-0.15, -0.1) is 0 Å². The largest absolute Gasteiger partial charge is 0.410 e. The van der Waals surface area contributed by atoms with E-state index in [2.05, 4.69) is 9.97 Å². The molecule has 0 aliphatic heterocycles. The molecule has 0 amide bonds. The summed E-state index contributed by atoms with van der Waals surface area (Å²) in [6, 6.07) is 1.73. The van der Waals surface area contributed by atoms with Gasteiger partial charge in [-0.3, -0.25) is 4.79 Å². The van der Waals surface area contributed by atoms with E-state index in [-0.39, 0.29) is 31.9 Å². The maximum atomic E-state index is 11.5. The van der Waals surface area contributed by atoms with Crippen molar-refractivity contribution >= 4 is 17.0 Å². The predicted molar refractivity (Wildman–Crippen MR) is 53.5 cm³/mol. The Morgan fingerprint density at radius 2 is 2.13 bits per heavy atom. The second kappa shape index (κ2) is 4.09. The van der Waals surface area contributed by atoms with Crippen LogP contribution in [-0.4, -0.2) is 14.5 Å². The zero-order chi connectivity index (χ0) is 10.3. The molecule has 0 aromatic carbocycles. The average Bonchev–Trinajstić information content (AvgIpc) is 2.16. The third-order valence-electron chi connectivity index (χ3n) is 2.13. The van der Waals surface area contributed by atoms with E-state index < -0.39 is 0 Å². The molecule has 0 bridgehead atoms. The Labute approximate surface area is 100.0 Å². The summed E-state index contributed by atoms with van der Waals surface area (Å²) in [6.07, 6.45) is 1.55. The monoisotopic (exact) mass is 376 g/mol. The zero-order valence-electron chi connectivity index (χ0n) is 8.28. The molecule has 0 saturated heterocycles. The molecule has 0 aliphatic carbocycles. The van der Waals surface area contributed by atoms with Crippen molar-refractivity contribution < 1.29 is 20.4 Å². The smallest absolute Gasteiger partial charge is 0.253 e. The molecule has 79 valence electrons. The van der Waals surface area contributed by atoms with Crippen LogP contribution in [0.15, 0.2) is 17.1 Å². The van der Waals surface area contributed by atoms with E-state index in [0.29, 0.717) is 11.2 Å². The van der Waals surface area contributed by atoms with E-state index >= 15 is 0 Å². The van der Waals surface area contributed by atoms with Crippen molar-refractivity contribution in [2.24, 2.45) is 7.05 Å². The molecule has 2 aromatic heterocycles. The van der Waals surface area contributed by atoms with E-state index in [1.807, 2.05) is 0 Å². The molecule has 0 aliphatic rings. The Morgan fingerprint density at radius 1 is 1.47 bits per heavy atom. The predicted octanol–water partition coefficient (Wildman–Crippen LogP) is 1.32. The Bertz CT molecular complexity index is 564. The molecule has 1 radical (unpaired) electrons. The standard InChI is InChI=1S/C9H10N4O.Re/c1-5-3-6-4-11-9(10)12-7(6)13(2)8(5)14;/h3-4H,1-2H3,(H2,10,11,12,14);/p-1. The first-order valence-electron chi connectivity index (χ1n) is 4.14. The first-order valence-corrected chi connectivity index (χ1v) is 4.14. The van der Waals surface area contributed by atoms with Gasteiger partial charge in [0.2, 0.25) is 0 Å². The zero-order valence-corrected chi connectivity index (χ0v) is 11.0. The molecule has 6 heteroatoms. The number of aromatic nitrogens is 3. The van der Waals surface area contributed by atoms with Crippen LogP contribution in [-0.2, 0) is 27.5 Å². The van der Waals surface area contributed by atoms with Gasteiger partial charge in [-0.2, -0.15) is 0 Å². The summed E-state index contributed by atoms with van der Waals surface area (Å²) in [5.41, 5.74) is 8.33. The van der Waals surface area contributed by atoms with E-state index in [0.717, 1.165) is 5.39 Å². The number of aryl methyl sites for hydroxylation is 2. The van der Waals surface area contributed by atoms with Gasteiger partial charge in [0.15, 0.2) is 0 Å². The van der Waals surface area contributed by atoms with E-state index in [9.17, 15) is 4.79 Å². The molecule has 15 heavy (non-hydrogen) atoms. The van der Waals surface area contributed by atoms with E-state index in [4.69, 9.17) is 5.73 Å². The maximum Gasteiger partial charge on any atom is 0.253 e. The summed E-state index contributed by atoms with van der Waals surface area (Å²) >= 11 is 0. The van der Waals surface area contributed by atoms with Crippen LogP contribution in [0.25, 0.3) is 16.8 Å². The molecule has 2 rings (SSSR count). The SMILES string of the molecule is Cc1cc2cnc([NH-])nc2n(C)c1=O.[Re]. The van der Waals surface area contributed by atoms with Crippen LogP contribution in [0.3, 0.4) is 0 Å². The number of fused-ring (bicyclic) bond motifs is 1. The molecule has 5 nitrogen and oxygen atoms in total. The molecule has 0 spiro atoms. The number of nitrogens with zero attached hydrogens (tertiary/aromatic N) is 3. The van der Waals surface area contributed by atoms with Crippen LogP contribution < -0.4 is 5.56 Å². The summed E-state index contributed by atoms with van der Waals surface area (Å²) in [5.74, 6) is -0.0728. The van der Waals surface area contributed by atoms with Crippen molar-refractivity contribution in [3.05, 3.63) is 33.9 Å². The summed E-state index contributed by atoms with van der Waals surface area (Å²) < 4.78 is 1.43. The van der Waals surface area contributed by atoms with Crippen molar-refractivity contribution in [2.75, 3.05) is 0 Å². The Hall–Kier alpha value is -1.25. The second-order valence-electron chi connectivity index (χ2n) is 3.16. The Kier molecular flexibility index (Phi) is 3.22. The first kappa shape index (κ1) is 11.8. The second-order valence-corrected chi connectivity index (χ2v) is 3.16. The molecule has 0 unspecified atom stereocenters. The Balaban J connectivity index is 0.00000112. The van der Waals surface area contributed by atoms with Gasteiger partial charge in [0.1, 0.15) is 0 Å². The van der Waals surface area contributed by atoms with Gasteiger partial charge < -0.3 is 20.3 Å². The maximum absolute atomic E-state index is 11.5. The molecular weight excluding hydrogens is 366 g/mol. The van der Waals surface area contributed by atoms with Gasteiger partial charge in [-0.05, 0) is 19.2 Å². The van der Waals surface area contributed by atoms with Crippen molar-refractivity contribution in [1.82, 2.24) is 14.5 Å². The first-order chi connectivity index (χ1) is 6.59. The normalized spacial score (nSPS) is 10.0. The van der Waals surface area contributed by atoms with Gasteiger partial charge in [0, 0.05) is 44.4 Å². The summed E-state index contributed by atoms with van der Waals surface area (Å²) in [5, 5.41) is 0.778. The van der Waals surface area contributed by atoms with Crippen LogP contribution in [0, 0.1) is 6.92 Å². The fraction of sp³-hybridized carbons (Fsp3) is 0.222. The number of hydrogen-bond donors (Lipinski definition) is 0. The van der Waals surface area contributed by atoms with Crippen LogP contribution in [0.5, 0.6) is 0 Å². The quantitative estimate of drug-likeness (QED) is 0.697. The average molecular weight is 375 g/mol. The van der Waals surface area contributed by atoms with Gasteiger partial charge in [-0.1, -0.05) is 0 Å². The van der Waals surface area contributed by atoms with Crippen LogP contribution in [0.2, 0.25) is 0 Å². The molecular formula is C9H9N4ORe-. The number of nitrogens with one attached hydrogen (secondary N) is 1. The molecule has 0 fully saturated rings. The van der Waals surface area contributed by atoms with Crippen LogP contribution >= 0.6 is 0 Å². The third kappa shape index (κ3) is 1.91. The van der Waals surface area contributed by atoms with Crippen LogP contribution in [0.4, 0.5) is 5.95 Å². The fourth-order valence-electron chi connectivity index (χ4n) is 1.41. The van der Waals surface area contributed by atoms with Crippen molar-refractivity contribution in [3.63, 3.8) is 0 Å². The molecule has 2 aromatic rings. The van der Waals surface area contributed by atoms with Crippen molar-refractivity contribution in [3.8, 4) is 0 Å². The minimum Gasteiger partial charge on any atom is -0.410 e. The molecule has 0 atom stereocenters. The van der Waals surface area contributed by atoms with Gasteiger partial charge in [0.25, 0.3) is 5.56 Å². The minimum atomic E-state index is -0.0874. The van der Waals surface area contributed by atoms with Gasteiger partial charge >= 0.3 is 0 Å².